The van der Waals surface area contributed by atoms with Crippen molar-refractivity contribution in [2.45, 2.75) is 6.42 Å². The Hall–Kier alpha value is -1.30. The highest BCUT2D eigenvalue weighted by Gasteiger charge is 2.10. The molecule has 0 fully saturated rings. The fraction of sp³-hybridized carbons (Fsp3) is 0.333. The van der Waals surface area contributed by atoms with Crippen LogP contribution in [0.1, 0.15) is 5.69 Å². The first-order valence-electron chi connectivity index (χ1n) is 3.21. The van der Waals surface area contributed by atoms with Crippen LogP contribution in [0.4, 0.5) is 0 Å². The van der Waals surface area contributed by atoms with Crippen molar-refractivity contribution in [3.05, 3.63) is 10.5 Å². The summed E-state index contributed by atoms with van der Waals surface area (Å²) in [5.41, 5.74) is 0.231. The van der Waals surface area contributed by atoms with Crippen LogP contribution in [0.25, 0.3) is 0 Å². The summed E-state index contributed by atoms with van der Waals surface area (Å²) in [6.07, 6.45) is -0.254. The highest BCUT2D eigenvalue weighted by Crippen LogP contribution is 2.15. The minimum absolute atomic E-state index is 0.123. The number of aromatic hydroxyl groups is 1. The summed E-state index contributed by atoms with van der Waals surface area (Å²) in [5, 5.41) is 17.7. The van der Waals surface area contributed by atoms with E-state index in [9.17, 15) is 9.90 Å². The number of carboxylic acid groups (broad SMARTS) is 1. The number of nitrogens with one attached hydrogen (secondary N) is 1. The van der Waals surface area contributed by atoms with Crippen LogP contribution in [0.5, 0.6) is 5.88 Å². The van der Waals surface area contributed by atoms with E-state index in [1.807, 2.05) is 0 Å². The molecule has 1 aromatic rings. The molecule has 0 spiro atoms. The normalized spacial score (nSPS) is 10.1. The summed E-state index contributed by atoms with van der Waals surface area (Å²) < 4.78 is 1.62. The summed E-state index contributed by atoms with van der Waals surface area (Å²) in [6, 6.07) is 0. The van der Waals surface area contributed by atoms with Crippen LogP contribution in [0.3, 0.4) is 0 Å². The zero-order valence-corrected chi connectivity index (χ0v) is 7.18. The van der Waals surface area contributed by atoms with Crippen molar-refractivity contribution in [3.8, 4) is 5.88 Å². The Morgan fingerprint density at radius 2 is 2.33 bits per heavy atom. The van der Waals surface area contributed by atoms with Gasteiger partial charge in [0.2, 0.25) is 5.88 Å². The summed E-state index contributed by atoms with van der Waals surface area (Å²) in [7, 11) is 1.56. The standard InChI is InChI=1S/C6H8N2O3S/c1-8-5(11)3(2-4(9)10)7-6(8)12/h11H,2H2,1H3,(H,7,12)(H,9,10). The molecule has 12 heavy (non-hydrogen) atoms. The van der Waals surface area contributed by atoms with Gasteiger partial charge < -0.3 is 15.2 Å². The molecule has 66 valence electrons. The van der Waals surface area contributed by atoms with E-state index in [1.165, 1.54) is 4.57 Å². The van der Waals surface area contributed by atoms with Crippen molar-refractivity contribution in [2.75, 3.05) is 0 Å². The zero-order valence-electron chi connectivity index (χ0n) is 6.37. The second-order valence-corrected chi connectivity index (χ2v) is 2.75. The lowest BCUT2D eigenvalue weighted by atomic mass is 10.3. The Kier molecular flexibility index (Phi) is 2.18. The molecule has 0 aliphatic heterocycles. The second-order valence-electron chi connectivity index (χ2n) is 2.36. The Balaban J connectivity index is 3.09. The first-order chi connectivity index (χ1) is 5.52. The van der Waals surface area contributed by atoms with Gasteiger partial charge in [0.05, 0.1) is 12.1 Å². The van der Waals surface area contributed by atoms with E-state index in [0.29, 0.717) is 4.77 Å². The fourth-order valence-electron chi connectivity index (χ4n) is 0.842. The number of H-pyrrole nitrogens is 1. The smallest absolute Gasteiger partial charge is 0.309 e. The predicted molar refractivity (Wildman–Crippen MR) is 43.6 cm³/mol. The molecule has 1 heterocycles. The first-order valence-corrected chi connectivity index (χ1v) is 3.62. The molecule has 0 aromatic carbocycles. The predicted octanol–water partition coefficient (Wildman–Crippen LogP) is 0.415. The first kappa shape index (κ1) is 8.79. The number of nitrogens with zero attached hydrogens (tertiary/aromatic N) is 1. The lowest BCUT2D eigenvalue weighted by molar-refractivity contribution is -0.136. The maximum absolute atomic E-state index is 10.3. The summed E-state index contributed by atoms with van der Waals surface area (Å²) in [5.74, 6) is -1.13. The lowest BCUT2D eigenvalue weighted by Gasteiger charge is -1.94. The molecule has 0 bridgehead atoms. The monoisotopic (exact) mass is 188 g/mol. The van der Waals surface area contributed by atoms with E-state index in [0.717, 1.165) is 0 Å². The maximum atomic E-state index is 10.3. The van der Waals surface area contributed by atoms with Gasteiger partial charge in [0, 0.05) is 7.05 Å². The lowest BCUT2D eigenvalue weighted by Crippen LogP contribution is -2.00. The summed E-state index contributed by atoms with van der Waals surface area (Å²) in [4.78, 5) is 12.9. The van der Waals surface area contributed by atoms with Crippen LogP contribution in [0.2, 0.25) is 0 Å². The second kappa shape index (κ2) is 2.98. The van der Waals surface area contributed by atoms with E-state index in [-0.39, 0.29) is 18.0 Å². The Bertz CT molecular complexity index is 365. The van der Waals surface area contributed by atoms with Gasteiger partial charge in [0.1, 0.15) is 0 Å². The van der Waals surface area contributed by atoms with Crippen LogP contribution < -0.4 is 0 Å². The maximum Gasteiger partial charge on any atom is 0.309 e. The van der Waals surface area contributed by atoms with Crippen molar-refractivity contribution in [2.24, 2.45) is 7.05 Å². The van der Waals surface area contributed by atoms with E-state index in [4.69, 9.17) is 17.3 Å². The van der Waals surface area contributed by atoms with E-state index in [1.54, 1.807) is 7.05 Å². The number of hydrogen-bond donors (Lipinski definition) is 3. The number of carboxylic acids is 1. The number of aromatic nitrogens is 2. The highest BCUT2D eigenvalue weighted by molar-refractivity contribution is 7.71. The molecule has 3 N–H and O–H groups in total. The third-order valence-corrected chi connectivity index (χ3v) is 1.85. The molecule has 5 nitrogen and oxygen atoms in total. The average Bonchev–Trinajstić information content (AvgIpc) is 2.17. The number of rotatable bonds is 2. The van der Waals surface area contributed by atoms with Crippen molar-refractivity contribution in [1.82, 2.24) is 9.55 Å². The fourth-order valence-corrected chi connectivity index (χ4v) is 1.05. The Morgan fingerprint density at radius 1 is 1.75 bits per heavy atom. The minimum Gasteiger partial charge on any atom is -0.493 e. The van der Waals surface area contributed by atoms with Crippen LogP contribution in [0, 0.1) is 4.77 Å². The van der Waals surface area contributed by atoms with Gasteiger partial charge in [0.25, 0.3) is 0 Å². The molecule has 0 saturated heterocycles. The van der Waals surface area contributed by atoms with Gasteiger partial charge in [-0.3, -0.25) is 9.36 Å². The van der Waals surface area contributed by atoms with E-state index < -0.39 is 5.97 Å². The van der Waals surface area contributed by atoms with Crippen LogP contribution in [0.15, 0.2) is 0 Å². The molecule has 0 saturated carbocycles. The SMILES string of the molecule is Cn1c(O)c(CC(=O)O)[nH]c1=S. The minimum atomic E-state index is -1.01. The molecular weight excluding hydrogens is 180 g/mol. The molecule has 1 aromatic heterocycles. The summed E-state index contributed by atoms with van der Waals surface area (Å²) in [6.45, 7) is 0. The van der Waals surface area contributed by atoms with Crippen molar-refractivity contribution >= 4 is 18.2 Å². The van der Waals surface area contributed by atoms with Crippen LogP contribution in [-0.2, 0) is 18.3 Å². The number of hydrogen-bond acceptors (Lipinski definition) is 3. The number of carbonyl (C=O) groups is 1. The van der Waals surface area contributed by atoms with Gasteiger partial charge in [-0.15, -0.1) is 0 Å². The largest absolute Gasteiger partial charge is 0.493 e. The molecule has 0 amide bonds. The highest BCUT2D eigenvalue weighted by atomic mass is 32.1. The topological polar surface area (TPSA) is 78.2 Å². The van der Waals surface area contributed by atoms with Crippen LogP contribution in [-0.4, -0.2) is 25.7 Å². The van der Waals surface area contributed by atoms with Crippen molar-refractivity contribution < 1.29 is 15.0 Å². The molecule has 0 aliphatic rings. The van der Waals surface area contributed by atoms with Crippen LogP contribution >= 0.6 is 12.2 Å². The third-order valence-electron chi connectivity index (χ3n) is 1.48. The van der Waals surface area contributed by atoms with Gasteiger partial charge in [-0.05, 0) is 12.2 Å². The van der Waals surface area contributed by atoms with Crippen molar-refractivity contribution in [3.63, 3.8) is 0 Å². The van der Waals surface area contributed by atoms with Gasteiger partial charge in [-0.1, -0.05) is 0 Å². The Labute approximate surface area is 73.3 Å². The number of aliphatic carboxylic acids is 1. The van der Waals surface area contributed by atoms with E-state index >= 15 is 0 Å². The van der Waals surface area contributed by atoms with Crippen molar-refractivity contribution in [1.29, 1.82) is 0 Å². The molecular formula is C6H8N2O3S. The molecule has 0 radical (unpaired) electrons. The molecule has 0 aliphatic carbocycles. The quantitative estimate of drug-likeness (QED) is 0.587. The van der Waals surface area contributed by atoms with Gasteiger partial charge in [-0.25, -0.2) is 0 Å². The average molecular weight is 188 g/mol. The molecule has 0 atom stereocenters. The summed E-state index contributed by atoms with van der Waals surface area (Å²) >= 11 is 4.77. The number of imidazole rings is 1. The Morgan fingerprint density at radius 3 is 2.67 bits per heavy atom. The molecule has 0 unspecified atom stereocenters. The van der Waals surface area contributed by atoms with Gasteiger partial charge in [-0.2, -0.15) is 0 Å². The van der Waals surface area contributed by atoms with Gasteiger partial charge in [0.15, 0.2) is 4.77 Å². The third kappa shape index (κ3) is 1.48. The molecule has 6 heteroatoms. The zero-order chi connectivity index (χ0) is 9.30. The number of aromatic amines is 1. The molecule has 1 rings (SSSR count). The van der Waals surface area contributed by atoms with Gasteiger partial charge >= 0.3 is 5.97 Å². The van der Waals surface area contributed by atoms with E-state index in [2.05, 4.69) is 4.98 Å².